The molecule has 1 fully saturated rings. The van der Waals surface area contributed by atoms with E-state index in [1.165, 1.54) is 4.90 Å². The van der Waals surface area contributed by atoms with Crippen molar-refractivity contribution in [2.45, 2.75) is 25.6 Å². The number of ether oxygens (including phenoxy) is 1. The van der Waals surface area contributed by atoms with E-state index in [9.17, 15) is 5.11 Å². The van der Waals surface area contributed by atoms with Gasteiger partial charge in [-0.3, -0.25) is 0 Å². The van der Waals surface area contributed by atoms with E-state index in [4.69, 9.17) is 21.4 Å². The highest BCUT2D eigenvalue weighted by Gasteiger charge is 2.21. The van der Waals surface area contributed by atoms with Gasteiger partial charge in [0.2, 0.25) is 5.89 Å². The minimum absolute atomic E-state index is 0.163. The van der Waals surface area contributed by atoms with Crippen molar-refractivity contribution in [3.8, 4) is 17.2 Å². The molecule has 3 rings (SSSR count). The average molecular weight is 322 g/mol. The van der Waals surface area contributed by atoms with Gasteiger partial charge >= 0.3 is 0 Å². The number of hydrogen-bond donors (Lipinski definition) is 2. The fourth-order valence-corrected chi connectivity index (χ4v) is 2.82. The normalized spacial score (nSPS) is 21.7. The molecule has 1 aromatic carbocycles. The quantitative estimate of drug-likeness (QED) is 0.818. The van der Waals surface area contributed by atoms with Crippen LogP contribution >= 0.6 is 12.2 Å². The maximum Gasteiger partial charge on any atom is 0.292 e. The number of benzene rings is 1. The summed E-state index contributed by atoms with van der Waals surface area (Å²) >= 11 is 5.26. The van der Waals surface area contributed by atoms with E-state index < -0.39 is 0 Å². The fraction of sp³-hybridized carbons (Fsp3) is 0.467. The molecular weight excluding hydrogens is 302 g/mol. The monoisotopic (exact) mass is 322 g/mol. The zero-order chi connectivity index (χ0) is 15.5. The van der Waals surface area contributed by atoms with Crippen molar-refractivity contribution in [3.63, 3.8) is 0 Å². The molecule has 0 radical (unpaired) electrons. The molecule has 0 aliphatic carbocycles. The molecule has 1 aliphatic heterocycles. The van der Waals surface area contributed by atoms with Gasteiger partial charge in [-0.1, -0.05) is 0 Å². The van der Waals surface area contributed by atoms with Gasteiger partial charge < -0.3 is 19.2 Å². The van der Waals surface area contributed by atoms with E-state index in [0.29, 0.717) is 17.4 Å². The predicted molar refractivity (Wildman–Crippen MR) is 83.3 cm³/mol. The van der Waals surface area contributed by atoms with Gasteiger partial charge in [0.05, 0.1) is 26.3 Å². The first-order chi connectivity index (χ1) is 10.7. The summed E-state index contributed by atoms with van der Waals surface area (Å²) in [5, 5.41) is 14.0. The van der Waals surface area contributed by atoms with E-state index in [1.54, 1.807) is 11.8 Å². The summed E-state index contributed by atoms with van der Waals surface area (Å²) in [6.45, 7) is 2.52. The molecule has 2 N–H and O–H groups in total. The van der Waals surface area contributed by atoms with Crippen molar-refractivity contribution in [2.75, 3.05) is 20.2 Å². The standard InChI is InChI=1S/C15H19N3O3S/c1-20-13-4-2-11(3-5-13)14-16-18(15(22)21-14)10-17-8-6-12(19)7-9-17/h2-5,12,19H,6-10H2,1H3/p+1. The van der Waals surface area contributed by atoms with Gasteiger partial charge in [0, 0.05) is 18.4 Å². The number of aliphatic hydroxyl groups is 1. The van der Waals surface area contributed by atoms with Gasteiger partial charge in [-0.15, -0.1) is 5.10 Å². The first-order valence-electron chi connectivity index (χ1n) is 7.39. The summed E-state index contributed by atoms with van der Waals surface area (Å²) in [6.07, 6.45) is 1.49. The Morgan fingerprint density at radius 2 is 2.05 bits per heavy atom. The minimum atomic E-state index is -0.163. The number of quaternary nitrogens is 1. The van der Waals surface area contributed by atoms with Crippen LogP contribution in [0.5, 0.6) is 5.75 Å². The maximum absolute atomic E-state index is 9.56. The molecule has 1 aromatic heterocycles. The highest BCUT2D eigenvalue weighted by Crippen LogP contribution is 2.20. The van der Waals surface area contributed by atoms with Gasteiger partial charge in [0.1, 0.15) is 5.75 Å². The lowest BCUT2D eigenvalue weighted by atomic mass is 10.1. The third-order valence-electron chi connectivity index (χ3n) is 3.98. The van der Waals surface area contributed by atoms with Crippen molar-refractivity contribution >= 4 is 12.2 Å². The van der Waals surface area contributed by atoms with Crippen LogP contribution in [0, 0.1) is 4.84 Å². The molecule has 0 saturated carbocycles. The Morgan fingerprint density at radius 1 is 1.36 bits per heavy atom. The predicted octanol–water partition coefficient (Wildman–Crippen LogP) is 0.878. The molecule has 1 aliphatic rings. The molecule has 22 heavy (non-hydrogen) atoms. The Labute approximate surface area is 133 Å². The van der Waals surface area contributed by atoms with Gasteiger partial charge in [-0.25, -0.2) is 0 Å². The van der Waals surface area contributed by atoms with Crippen LogP contribution in [-0.4, -0.2) is 41.2 Å². The third kappa shape index (κ3) is 3.37. The number of hydrogen-bond acceptors (Lipinski definition) is 5. The SMILES string of the molecule is COc1ccc(-c2nn(C[NH+]3CCC(O)CC3)c(=S)o2)cc1. The molecule has 1 saturated heterocycles. The molecule has 7 heteroatoms. The van der Waals surface area contributed by atoms with Crippen LogP contribution < -0.4 is 9.64 Å². The summed E-state index contributed by atoms with van der Waals surface area (Å²) < 4.78 is 12.5. The first-order valence-corrected chi connectivity index (χ1v) is 7.80. The summed E-state index contributed by atoms with van der Waals surface area (Å²) in [4.78, 5) is 1.74. The highest BCUT2D eigenvalue weighted by atomic mass is 32.1. The van der Waals surface area contributed by atoms with E-state index in [2.05, 4.69) is 5.10 Å². The smallest absolute Gasteiger partial charge is 0.292 e. The van der Waals surface area contributed by atoms with Crippen molar-refractivity contribution in [2.24, 2.45) is 0 Å². The van der Waals surface area contributed by atoms with Crippen LogP contribution in [0.25, 0.3) is 11.5 Å². The Bertz CT molecular complexity index is 672. The summed E-state index contributed by atoms with van der Waals surface area (Å²) in [7, 11) is 1.63. The van der Waals surface area contributed by atoms with Gasteiger partial charge in [-0.2, -0.15) is 4.68 Å². The zero-order valence-electron chi connectivity index (χ0n) is 12.5. The molecule has 0 bridgehead atoms. The number of aromatic nitrogens is 2. The Balaban J connectivity index is 1.74. The minimum Gasteiger partial charge on any atom is -0.497 e. The van der Waals surface area contributed by atoms with Gasteiger partial charge in [-0.05, 0) is 36.5 Å². The second kappa shape index (κ2) is 6.60. The number of piperidine rings is 1. The first kappa shape index (κ1) is 15.2. The average Bonchev–Trinajstić information content (AvgIpc) is 2.91. The number of methoxy groups -OCH3 is 1. The van der Waals surface area contributed by atoms with Gasteiger partial charge in [0.25, 0.3) is 4.84 Å². The van der Waals surface area contributed by atoms with E-state index in [1.807, 2.05) is 24.3 Å². The van der Waals surface area contributed by atoms with E-state index >= 15 is 0 Å². The molecule has 0 amide bonds. The fourth-order valence-electron chi connectivity index (χ4n) is 2.64. The topological polar surface area (TPSA) is 64.9 Å². The lowest BCUT2D eigenvalue weighted by Gasteiger charge is -2.25. The lowest BCUT2D eigenvalue weighted by molar-refractivity contribution is -0.929. The molecule has 0 atom stereocenters. The Kier molecular flexibility index (Phi) is 4.56. The number of aliphatic hydroxyl groups excluding tert-OH is 1. The van der Waals surface area contributed by atoms with Crippen LogP contribution in [0.4, 0.5) is 0 Å². The Morgan fingerprint density at radius 3 is 2.68 bits per heavy atom. The molecule has 118 valence electrons. The van der Waals surface area contributed by atoms with Crippen LogP contribution in [0.3, 0.4) is 0 Å². The van der Waals surface area contributed by atoms with Crippen LogP contribution in [0.1, 0.15) is 12.8 Å². The largest absolute Gasteiger partial charge is 0.497 e. The van der Waals surface area contributed by atoms with Crippen molar-refractivity contribution in [1.82, 2.24) is 9.78 Å². The molecule has 2 heterocycles. The molecule has 6 nitrogen and oxygen atoms in total. The van der Waals surface area contributed by atoms with Crippen LogP contribution in [0.2, 0.25) is 0 Å². The summed E-state index contributed by atoms with van der Waals surface area (Å²) in [6, 6.07) is 7.52. The van der Waals surface area contributed by atoms with Crippen LogP contribution in [-0.2, 0) is 6.67 Å². The van der Waals surface area contributed by atoms with E-state index in [0.717, 1.165) is 37.2 Å². The third-order valence-corrected chi connectivity index (χ3v) is 4.27. The molecule has 0 spiro atoms. The number of nitrogens with one attached hydrogen (secondary N) is 1. The second-order valence-corrected chi connectivity index (χ2v) is 5.89. The molecule has 0 unspecified atom stereocenters. The lowest BCUT2D eigenvalue weighted by Crippen LogP contribution is -3.12. The zero-order valence-corrected chi connectivity index (χ0v) is 13.3. The Hall–Kier alpha value is -1.70. The van der Waals surface area contributed by atoms with Crippen LogP contribution in [0.15, 0.2) is 28.7 Å². The van der Waals surface area contributed by atoms with Crippen molar-refractivity contribution in [1.29, 1.82) is 0 Å². The molecular formula is C15H20N3O3S+. The number of nitrogens with zero attached hydrogens (tertiary/aromatic N) is 2. The summed E-state index contributed by atoms with van der Waals surface area (Å²) in [5.74, 6) is 1.31. The summed E-state index contributed by atoms with van der Waals surface area (Å²) in [5.41, 5.74) is 0.870. The van der Waals surface area contributed by atoms with E-state index in [-0.39, 0.29) is 6.10 Å². The van der Waals surface area contributed by atoms with Gasteiger partial charge in [0.15, 0.2) is 6.67 Å². The number of likely N-dealkylation sites (tertiary alicyclic amines) is 1. The van der Waals surface area contributed by atoms with Crippen molar-refractivity contribution in [3.05, 3.63) is 29.1 Å². The maximum atomic E-state index is 9.56. The number of rotatable bonds is 4. The second-order valence-electron chi connectivity index (χ2n) is 5.54. The van der Waals surface area contributed by atoms with Crippen molar-refractivity contribution < 1.29 is 19.2 Å². The molecule has 2 aromatic rings. The highest BCUT2D eigenvalue weighted by molar-refractivity contribution is 7.71.